The smallest absolute Gasteiger partial charge is 0.414 e. The third kappa shape index (κ3) is 4.06. The number of likely N-dealkylation sites (N-methyl/N-ethyl adjacent to an activating group) is 1. The van der Waals surface area contributed by atoms with Crippen LogP contribution in [-0.4, -0.2) is 59.5 Å². The molecule has 2 N–H and O–H groups in total. The second-order valence-electron chi connectivity index (χ2n) is 4.38. The van der Waals surface area contributed by atoms with Crippen LogP contribution in [0.2, 0.25) is 0 Å². The van der Waals surface area contributed by atoms with Gasteiger partial charge >= 0.3 is 11.9 Å². The fourth-order valence-electron chi connectivity index (χ4n) is 2.36. The van der Waals surface area contributed by atoms with Crippen LogP contribution in [0.1, 0.15) is 19.3 Å². The molecule has 1 saturated heterocycles. The van der Waals surface area contributed by atoms with E-state index in [9.17, 15) is 0 Å². The Hall–Kier alpha value is -1.89. The number of fused-ring (bicyclic) bond motifs is 2. The van der Waals surface area contributed by atoms with Gasteiger partial charge in [0.05, 0.1) is 6.21 Å². The van der Waals surface area contributed by atoms with E-state index < -0.39 is 11.9 Å². The summed E-state index contributed by atoms with van der Waals surface area (Å²) in [7, 11) is 3.79. The molecule has 2 aliphatic heterocycles. The van der Waals surface area contributed by atoms with Crippen molar-refractivity contribution in [3.05, 3.63) is 11.6 Å². The van der Waals surface area contributed by atoms with Crippen molar-refractivity contribution in [1.82, 2.24) is 4.90 Å². The minimum Gasteiger partial charge on any atom is -0.473 e. The van der Waals surface area contributed by atoms with E-state index in [1.165, 1.54) is 18.4 Å². The van der Waals surface area contributed by atoms with E-state index in [-0.39, 0.29) is 0 Å². The summed E-state index contributed by atoms with van der Waals surface area (Å²) in [6.07, 6.45) is 7.90. The second-order valence-corrected chi connectivity index (χ2v) is 4.38. The van der Waals surface area contributed by atoms with Crippen LogP contribution in [0, 0.1) is 0 Å². The van der Waals surface area contributed by atoms with Crippen molar-refractivity contribution in [2.24, 2.45) is 5.16 Å². The lowest BCUT2D eigenvalue weighted by molar-refractivity contribution is -0.159. The Labute approximate surface area is 111 Å². The van der Waals surface area contributed by atoms with Gasteiger partial charge in [0.2, 0.25) is 0 Å². The number of nitrogens with zero attached hydrogens (tertiary/aromatic N) is 2. The molecule has 2 heterocycles. The van der Waals surface area contributed by atoms with Gasteiger partial charge in [-0.15, -0.1) is 0 Å². The molecule has 0 aliphatic carbocycles. The van der Waals surface area contributed by atoms with Crippen LogP contribution in [0.3, 0.4) is 0 Å². The molecule has 0 spiro atoms. The molecule has 0 amide bonds. The Morgan fingerprint density at radius 1 is 1.42 bits per heavy atom. The van der Waals surface area contributed by atoms with Crippen molar-refractivity contribution >= 4 is 18.2 Å². The average molecular weight is 270 g/mol. The Bertz CT molecular complexity index is 393. The summed E-state index contributed by atoms with van der Waals surface area (Å²) in [5, 5.41) is 18.6. The predicted octanol–water partition coefficient (Wildman–Crippen LogP) is 0.567. The quantitative estimate of drug-likeness (QED) is 0.432. The zero-order valence-electron chi connectivity index (χ0n) is 10.9. The van der Waals surface area contributed by atoms with Gasteiger partial charge in [-0.05, 0) is 31.9 Å². The third-order valence-electron chi connectivity index (χ3n) is 3.34. The van der Waals surface area contributed by atoms with Crippen LogP contribution in [0.25, 0.3) is 0 Å². The molecule has 19 heavy (non-hydrogen) atoms. The van der Waals surface area contributed by atoms with Gasteiger partial charge in [0, 0.05) is 12.1 Å². The number of carbonyl (C=O) groups is 2. The maximum Gasteiger partial charge on any atom is 0.414 e. The van der Waals surface area contributed by atoms with Gasteiger partial charge in [-0.1, -0.05) is 11.2 Å². The van der Waals surface area contributed by atoms with Gasteiger partial charge in [-0.25, -0.2) is 9.59 Å². The summed E-state index contributed by atoms with van der Waals surface area (Å²) in [6, 6.07) is 1.35. The van der Waals surface area contributed by atoms with Crippen LogP contribution in [-0.2, 0) is 14.4 Å². The number of hydrogen-bond donors (Lipinski definition) is 2. The van der Waals surface area contributed by atoms with Crippen molar-refractivity contribution < 1.29 is 24.6 Å². The van der Waals surface area contributed by atoms with E-state index >= 15 is 0 Å². The van der Waals surface area contributed by atoms with Crippen molar-refractivity contribution in [3.8, 4) is 0 Å². The molecule has 106 valence electrons. The minimum absolute atomic E-state index is 0.581. The SMILES string of the molecule is CO/N=C/C1=CCC2CCC1N2C.O=C(O)C(=O)O. The maximum atomic E-state index is 9.10. The first kappa shape index (κ1) is 15.2. The summed E-state index contributed by atoms with van der Waals surface area (Å²) >= 11 is 0. The fourth-order valence-corrected chi connectivity index (χ4v) is 2.36. The lowest BCUT2D eigenvalue weighted by Gasteiger charge is -2.29. The minimum atomic E-state index is -1.82. The lowest BCUT2D eigenvalue weighted by Crippen LogP contribution is -2.36. The number of oxime groups is 1. The first-order chi connectivity index (χ1) is 8.97. The van der Waals surface area contributed by atoms with Gasteiger partial charge in [-0.2, -0.15) is 0 Å². The molecule has 2 unspecified atom stereocenters. The fraction of sp³-hybridized carbons (Fsp3) is 0.583. The van der Waals surface area contributed by atoms with Gasteiger partial charge < -0.3 is 15.1 Å². The summed E-state index contributed by atoms with van der Waals surface area (Å²) in [5.41, 5.74) is 1.32. The van der Waals surface area contributed by atoms with E-state index in [2.05, 4.69) is 23.2 Å². The zero-order valence-corrected chi connectivity index (χ0v) is 10.9. The summed E-state index contributed by atoms with van der Waals surface area (Å²) in [5.74, 6) is -3.65. The van der Waals surface area contributed by atoms with Crippen LogP contribution in [0.5, 0.6) is 0 Å². The Morgan fingerprint density at radius 2 is 2.05 bits per heavy atom. The highest BCUT2D eigenvalue weighted by Crippen LogP contribution is 2.33. The van der Waals surface area contributed by atoms with Crippen molar-refractivity contribution in [3.63, 3.8) is 0 Å². The lowest BCUT2D eigenvalue weighted by atomic mass is 10.0. The molecule has 7 nitrogen and oxygen atoms in total. The number of carboxylic acid groups (broad SMARTS) is 2. The van der Waals surface area contributed by atoms with Crippen molar-refractivity contribution in [1.29, 1.82) is 0 Å². The average Bonchev–Trinajstić information content (AvgIpc) is 2.61. The van der Waals surface area contributed by atoms with E-state index in [0.29, 0.717) is 6.04 Å². The molecule has 2 atom stereocenters. The van der Waals surface area contributed by atoms with Crippen LogP contribution in [0.4, 0.5) is 0 Å². The largest absolute Gasteiger partial charge is 0.473 e. The third-order valence-corrected chi connectivity index (χ3v) is 3.34. The zero-order chi connectivity index (χ0) is 14.4. The molecule has 0 aromatic heterocycles. The highest BCUT2D eigenvalue weighted by atomic mass is 16.6. The normalized spacial score (nSPS) is 25.5. The second kappa shape index (κ2) is 6.89. The van der Waals surface area contributed by atoms with Crippen LogP contribution in [0.15, 0.2) is 16.8 Å². The number of aliphatic carboxylic acids is 2. The maximum absolute atomic E-state index is 9.10. The van der Waals surface area contributed by atoms with E-state index in [4.69, 9.17) is 24.6 Å². The van der Waals surface area contributed by atoms with Crippen molar-refractivity contribution in [2.45, 2.75) is 31.3 Å². The summed E-state index contributed by atoms with van der Waals surface area (Å²) in [6.45, 7) is 0. The molecule has 2 rings (SSSR count). The highest BCUT2D eigenvalue weighted by molar-refractivity contribution is 6.27. The monoisotopic (exact) mass is 270 g/mol. The van der Waals surface area contributed by atoms with Gasteiger partial charge in [0.15, 0.2) is 0 Å². The molecule has 2 aliphatic rings. The van der Waals surface area contributed by atoms with E-state index in [1.54, 1.807) is 7.11 Å². The van der Waals surface area contributed by atoms with Crippen LogP contribution >= 0.6 is 0 Å². The molecule has 0 radical (unpaired) electrons. The first-order valence-electron chi connectivity index (χ1n) is 5.92. The molecule has 7 heteroatoms. The molecule has 0 saturated carbocycles. The Morgan fingerprint density at radius 3 is 2.58 bits per heavy atom. The first-order valence-corrected chi connectivity index (χ1v) is 5.92. The summed E-state index contributed by atoms with van der Waals surface area (Å²) < 4.78 is 0. The topological polar surface area (TPSA) is 99.4 Å². The van der Waals surface area contributed by atoms with E-state index in [0.717, 1.165) is 12.5 Å². The Balaban J connectivity index is 0.000000258. The number of hydrogen-bond acceptors (Lipinski definition) is 5. The Kier molecular flexibility index (Phi) is 5.50. The van der Waals surface area contributed by atoms with E-state index in [1.807, 2.05) is 6.21 Å². The van der Waals surface area contributed by atoms with Gasteiger partial charge in [0.1, 0.15) is 7.11 Å². The molecular formula is C12H18N2O5. The number of rotatable bonds is 2. The highest BCUT2D eigenvalue weighted by Gasteiger charge is 2.34. The standard InChI is InChI=1S/C10H16N2O.C2H2O4/c1-12-9-4-3-8(7-11-13-2)10(12)6-5-9;3-1(4)2(5)6/h3,7,9-10H,4-6H2,1-2H3;(H,3,4)(H,5,6)/b11-7+;. The van der Waals surface area contributed by atoms with Crippen molar-refractivity contribution in [2.75, 3.05) is 14.2 Å². The molecule has 1 fully saturated rings. The van der Waals surface area contributed by atoms with Crippen LogP contribution < -0.4 is 0 Å². The molecular weight excluding hydrogens is 252 g/mol. The van der Waals surface area contributed by atoms with Gasteiger partial charge in [0.25, 0.3) is 0 Å². The predicted molar refractivity (Wildman–Crippen MR) is 68.0 cm³/mol. The molecule has 0 aromatic rings. The molecule has 0 aromatic carbocycles. The molecule has 2 bridgehead atoms. The number of carboxylic acids is 2. The van der Waals surface area contributed by atoms with Gasteiger partial charge in [-0.3, -0.25) is 4.90 Å². The summed E-state index contributed by atoms with van der Waals surface area (Å²) in [4.78, 5) is 25.4.